The van der Waals surface area contributed by atoms with Crippen molar-refractivity contribution >= 4 is 28.8 Å². The quantitative estimate of drug-likeness (QED) is 0.633. The fraction of sp³-hybridized carbons (Fsp3) is 0.435. The Hall–Kier alpha value is -2.87. The Kier molecular flexibility index (Phi) is 6.00. The molecule has 1 amide bonds. The van der Waals surface area contributed by atoms with Gasteiger partial charge >= 0.3 is 0 Å². The lowest BCUT2D eigenvalue weighted by molar-refractivity contribution is -0.134. The van der Waals surface area contributed by atoms with E-state index in [1.807, 2.05) is 11.4 Å². The third kappa shape index (κ3) is 4.30. The lowest BCUT2D eigenvalue weighted by Crippen LogP contribution is -2.52. The average molecular weight is 444 g/mol. The molecule has 7 nitrogen and oxygen atoms in total. The number of hydrogen-bond acceptors (Lipinski definition) is 7. The fourth-order valence-electron chi connectivity index (χ4n) is 4.23. The van der Waals surface area contributed by atoms with Gasteiger partial charge in [-0.3, -0.25) is 14.4 Å². The van der Waals surface area contributed by atoms with Gasteiger partial charge in [-0.15, -0.1) is 11.3 Å². The number of nitrogens with zero attached hydrogens (tertiary/aromatic N) is 1. The third-order valence-corrected chi connectivity index (χ3v) is 6.88. The van der Waals surface area contributed by atoms with Crippen LogP contribution >= 0.6 is 11.3 Å². The second-order valence-corrected chi connectivity index (χ2v) is 8.82. The number of rotatable bonds is 6. The molecule has 1 aromatic carbocycles. The van der Waals surface area contributed by atoms with Gasteiger partial charge in [0.1, 0.15) is 28.4 Å². The van der Waals surface area contributed by atoms with E-state index in [0.717, 1.165) is 0 Å². The van der Waals surface area contributed by atoms with Crippen LogP contribution < -0.4 is 14.2 Å². The SMILES string of the molecule is COc1cc(OC)c2c(c1)OC1(CCN(C(=O)CCC(=O)c3cccs3)CC1)CC2=O. The van der Waals surface area contributed by atoms with Crippen LogP contribution in [-0.4, -0.2) is 55.3 Å². The van der Waals surface area contributed by atoms with Gasteiger partial charge in [0, 0.05) is 50.9 Å². The molecule has 3 heterocycles. The Morgan fingerprint density at radius 1 is 1.16 bits per heavy atom. The lowest BCUT2D eigenvalue weighted by atomic mass is 9.82. The molecule has 1 aromatic heterocycles. The fourth-order valence-corrected chi connectivity index (χ4v) is 4.93. The number of carbonyl (C=O) groups is 3. The molecule has 1 fully saturated rings. The van der Waals surface area contributed by atoms with Crippen LogP contribution in [0.1, 0.15) is 52.1 Å². The number of piperidine rings is 1. The van der Waals surface area contributed by atoms with Crippen molar-refractivity contribution in [3.8, 4) is 17.2 Å². The number of ketones is 2. The number of carbonyl (C=O) groups excluding carboxylic acids is 3. The van der Waals surface area contributed by atoms with Gasteiger partial charge < -0.3 is 19.1 Å². The van der Waals surface area contributed by atoms with E-state index >= 15 is 0 Å². The molecular formula is C23H25NO6S. The van der Waals surface area contributed by atoms with Gasteiger partial charge in [-0.2, -0.15) is 0 Å². The minimum Gasteiger partial charge on any atom is -0.496 e. The molecular weight excluding hydrogens is 418 g/mol. The normalized spacial score (nSPS) is 17.1. The first-order valence-corrected chi connectivity index (χ1v) is 11.2. The molecule has 0 bridgehead atoms. The molecule has 1 spiro atoms. The number of thiophene rings is 1. The molecule has 2 aromatic rings. The van der Waals surface area contributed by atoms with Crippen molar-refractivity contribution in [3.63, 3.8) is 0 Å². The van der Waals surface area contributed by atoms with E-state index in [0.29, 0.717) is 53.6 Å². The number of fused-ring (bicyclic) bond motifs is 1. The lowest BCUT2D eigenvalue weighted by Gasteiger charge is -2.44. The number of Topliss-reactive ketones (excluding diaryl/α,β-unsaturated/α-hetero) is 2. The molecule has 0 N–H and O–H groups in total. The monoisotopic (exact) mass is 443 g/mol. The van der Waals surface area contributed by atoms with E-state index in [9.17, 15) is 14.4 Å². The standard InChI is InChI=1S/C23H25NO6S/c1-28-15-12-18(29-2)22-17(26)14-23(30-19(22)13-15)7-9-24(10-8-23)21(27)6-5-16(25)20-4-3-11-31-20/h3-4,11-13H,5-10,14H2,1-2H3. The van der Waals surface area contributed by atoms with Crippen LogP contribution in [0.4, 0.5) is 0 Å². The maximum absolute atomic E-state index is 12.9. The van der Waals surface area contributed by atoms with Crippen molar-refractivity contribution in [1.29, 1.82) is 0 Å². The second-order valence-electron chi connectivity index (χ2n) is 7.87. The Bertz CT molecular complexity index is 992. The van der Waals surface area contributed by atoms with Crippen molar-refractivity contribution in [2.45, 2.75) is 37.7 Å². The molecule has 0 radical (unpaired) electrons. The molecule has 2 aliphatic heterocycles. The van der Waals surface area contributed by atoms with Crippen LogP contribution in [-0.2, 0) is 4.79 Å². The molecule has 4 rings (SSSR count). The number of likely N-dealkylation sites (tertiary alicyclic amines) is 1. The highest BCUT2D eigenvalue weighted by Crippen LogP contribution is 2.44. The summed E-state index contributed by atoms with van der Waals surface area (Å²) < 4.78 is 17.0. The third-order valence-electron chi connectivity index (χ3n) is 5.97. The summed E-state index contributed by atoms with van der Waals surface area (Å²) in [4.78, 5) is 40.1. The van der Waals surface area contributed by atoms with Crippen LogP contribution in [0.15, 0.2) is 29.6 Å². The van der Waals surface area contributed by atoms with E-state index in [2.05, 4.69) is 0 Å². The highest BCUT2D eigenvalue weighted by Gasteiger charge is 2.44. The zero-order chi connectivity index (χ0) is 22.0. The van der Waals surface area contributed by atoms with Gasteiger partial charge in [0.25, 0.3) is 0 Å². The van der Waals surface area contributed by atoms with Gasteiger partial charge in [-0.25, -0.2) is 0 Å². The summed E-state index contributed by atoms with van der Waals surface area (Å²) in [6.07, 6.45) is 1.77. The van der Waals surface area contributed by atoms with Crippen molar-refractivity contribution in [2.24, 2.45) is 0 Å². The summed E-state index contributed by atoms with van der Waals surface area (Å²) in [5, 5.41) is 1.86. The maximum Gasteiger partial charge on any atom is 0.223 e. The Balaban J connectivity index is 1.39. The number of methoxy groups -OCH3 is 2. The van der Waals surface area contributed by atoms with Gasteiger partial charge in [0.05, 0.1) is 25.5 Å². The van der Waals surface area contributed by atoms with E-state index in [1.165, 1.54) is 18.4 Å². The molecule has 1 saturated heterocycles. The summed E-state index contributed by atoms with van der Waals surface area (Å²) in [6, 6.07) is 7.00. The van der Waals surface area contributed by atoms with E-state index in [4.69, 9.17) is 14.2 Å². The first-order chi connectivity index (χ1) is 14.9. The summed E-state index contributed by atoms with van der Waals surface area (Å²) in [6.45, 7) is 0.992. The molecule has 0 aliphatic carbocycles. The number of amides is 1. The Morgan fingerprint density at radius 2 is 1.94 bits per heavy atom. The largest absolute Gasteiger partial charge is 0.496 e. The average Bonchev–Trinajstić information content (AvgIpc) is 3.31. The van der Waals surface area contributed by atoms with Gasteiger partial charge in [0.15, 0.2) is 11.6 Å². The van der Waals surface area contributed by atoms with Gasteiger partial charge in [-0.1, -0.05) is 6.07 Å². The van der Waals surface area contributed by atoms with Crippen LogP contribution in [0, 0.1) is 0 Å². The summed E-state index contributed by atoms with van der Waals surface area (Å²) in [5.41, 5.74) is -0.190. The van der Waals surface area contributed by atoms with Gasteiger partial charge in [0.2, 0.25) is 5.91 Å². The van der Waals surface area contributed by atoms with Crippen LogP contribution in [0.5, 0.6) is 17.2 Å². The van der Waals surface area contributed by atoms with E-state index in [-0.39, 0.29) is 36.7 Å². The van der Waals surface area contributed by atoms with Crippen molar-refractivity contribution in [2.75, 3.05) is 27.3 Å². The first-order valence-electron chi connectivity index (χ1n) is 10.3. The van der Waals surface area contributed by atoms with Crippen molar-refractivity contribution < 1.29 is 28.6 Å². The van der Waals surface area contributed by atoms with Crippen LogP contribution in [0.2, 0.25) is 0 Å². The molecule has 8 heteroatoms. The van der Waals surface area contributed by atoms with Crippen molar-refractivity contribution in [1.82, 2.24) is 4.90 Å². The summed E-state index contributed by atoms with van der Waals surface area (Å²) in [5.74, 6) is 1.40. The van der Waals surface area contributed by atoms with Crippen molar-refractivity contribution in [3.05, 3.63) is 40.1 Å². The smallest absolute Gasteiger partial charge is 0.223 e. The first kappa shape index (κ1) is 21.4. The number of ether oxygens (including phenoxy) is 3. The molecule has 0 atom stereocenters. The van der Waals surface area contributed by atoms with Crippen LogP contribution in [0.25, 0.3) is 0 Å². The Labute approximate surface area is 184 Å². The minimum absolute atomic E-state index is 0.00228. The minimum atomic E-state index is -0.634. The highest BCUT2D eigenvalue weighted by molar-refractivity contribution is 7.12. The zero-order valence-corrected chi connectivity index (χ0v) is 18.5. The predicted molar refractivity (Wildman–Crippen MR) is 116 cm³/mol. The molecule has 0 saturated carbocycles. The van der Waals surface area contributed by atoms with E-state index < -0.39 is 5.60 Å². The predicted octanol–water partition coefficient (Wildman–Crippen LogP) is 3.75. The number of hydrogen-bond donors (Lipinski definition) is 0. The summed E-state index contributed by atoms with van der Waals surface area (Å²) in [7, 11) is 3.06. The second kappa shape index (κ2) is 8.70. The molecule has 164 valence electrons. The summed E-state index contributed by atoms with van der Waals surface area (Å²) >= 11 is 1.39. The Morgan fingerprint density at radius 3 is 2.58 bits per heavy atom. The zero-order valence-electron chi connectivity index (χ0n) is 17.6. The highest BCUT2D eigenvalue weighted by atomic mass is 32.1. The maximum atomic E-state index is 12.9. The van der Waals surface area contributed by atoms with Crippen LogP contribution in [0.3, 0.4) is 0 Å². The molecule has 31 heavy (non-hydrogen) atoms. The molecule has 0 unspecified atom stereocenters. The molecule has 2 aliphatic rings. The van der Waals surface area contributed by atoms with Gasteiger partial charge in [-0.05, 0) is 11.4 Å². The topological polar surface area (TPSA) is 82.1 Å². The van der Waals surface area contributed by atoms with E-state index in [1.54, 1.807) is 30.2 Å². The number of benzene rings is 1.